The molecule has 0 N–H and O–H groups in total. The maximum absolute atomic E-state index is 10.9. The molecule has 2 nitrogen and oxygen atoms in total. The molecule has 0 spiro atoms. The van der Waals surface area contributed by atoms with Gasteiger partial charge in [-0.05, 0) is 13.8 Å². The largest absolute Gasteiger partial charge is 0.228 e. The van der Waals surface area contributed by atoms with Gasteiger partial charge in [0.25, 0.3) is 0 Å². The van der Waals surface area contributed by atoms with Crippen molar-refractivity contribution >= 4 is 9.84 Å². The SMILES string of the molecule is CC1=CCS(=O)(=O)C1C. The van der Waals surface area contributed by atoms with E-state index < -0.39 is 9.84 Å². The third-order valence-corrected chi connectivity index (χ3v) is 3.90. The number of rotatable bonds is 0. The molecule has 3 heteroatoms. The summed E-state index contributed by atoms with van der Waals surface area (Å²) in [6.07, 6.45) is 1.78. The highest BCUT2D eigenvalue weighted by molar-refractivity contribution is 7.92. The Morgan fingerprint density at radius 3 is 2.33 bits per heavy atom. The van der Waals surface area contributed by atoms with Crippen LogP contribution >= 0.6 is 0 Å². The van der Waals surface area contributed by atoms with Gasteiger partial charge in [0.2, 0.25) is 0 Å². The zero-order chi connectivity index (χ0) is 7.07. The van der Waals surface area contributed by atoms with Crippen molar-refractivity contribution in [1.29, 1.82) is 0 Å². The van der Waals surface area contributed by atoms with Crippen molar-refractivity contribution in [3.05, 3.63) is 11.6 Å². The Balaban J connectivity index is 3.00. The summed E-state index contributed by atoms with van der Waals surface area (Å²) < 4.78 is 21.8. The normalized spacial score (nSPS) is 32.2. The molecule has 0 amide bonds. The van der Waals surface area contributed by atoms with Gasteiger partial charge in [0.1, 0.15) is 0 Å². The summed E-state index contributed by atoms with van der Waals surface area (Å²) in [7, 11) is -2.77. The van der Waals surface area contributed by atoms with Crippen LogP contribution in [0.4, 0.5) is 0 Å². The van der Waals surface area contributed by atoms with E-state index in [-0.39, 0.29) is 11.0 Å². The third-order valence-electron chi connectivity index (χ3n) is 1.82. The summed E-state index contributed by atoms with van der Waals surface area (Å²) in [5.74, 6) is 0.236. The minimum Gasteiger partial charge on any atom is -0.228 e. The van der Waals surface area contributed by atoms with Crippen molar-refractivity contribution in [1.82, 2.24) is 0 Å². The molecule has 0 aromatic rings. The zero-order valence-corrected chi connectivity index (χ0v) is 6.40. The molecule has 1 aliphatic rings. The molecule has 1 aliphatic heterocycles. The van der Waals surface area contributed by atoms with E-state index in [1.807, 2.05) is 6.92 Å². The summed E-state index contributed by atoms with van der Waals surface area (Å²) >= 11 is 0. The van der Waals surface area contributed by atoms with Crippen LogP contribution in [0, 0.1) is 0 Å². The van der Waals surface area contributed by atoms with Crippen LogP contribution in [-0.2, 0) is 9.84 Å². The number of hydrogen-bond acceptors (Lipinski definition) is 2. The molecule has 0 bridgehead atoms. The molecule has 0 fully saturated rings. The second kappa shape index (κ2) is 1.84. The molecule has 9 heavy (non-hydrogen) atoms. The second-order valence-corrected chi connectivity index (χ2v) is 4.79. The van der Waals surface area contributed by atoms with Gasteiger partial charge in [-0.2, -0.15) is 0 Å². The Labute approximate surface area is 55.5 Å². The van der Waals surface area contributed by atoms with Crippen LogP contribution < -0.4 is 0 Å². The lowest BCUT2D eigenvalue weighted by molar-refractivity contribution is 0.595. The maximum Gasteiger partial charge on any atom is 0.160 e. The lowest BCUT2D eigenvalue weighted by Gasteiger charge is -2.01. The Hall–Kier alpha value is -0.310. The summed E-state index contributed by atoms with van der Waals surface area (Å²) in [4.78, 5) is 0. The highest BCUT2D eigenvalue weighted by Gasteiger charge is 2.26. The molecule has 0 saturated heterocycles. The first-order valence-electron chi connectivity index (χ1n) is 2.92. The van der Waals surface area contributed by atoms with Crippen LogP contribution in [-0.4, -0.2) is 19.4 Å². The Morgan fingerprint density at radius 1 is 1.67 bits per heavy atom. The van der Waals surface area contributed by atoms with Gasteiger partial charge in [-0.25, -0.2) is 8.42 Å². The van der Waals surface area contributed by atoms with Crippen LogP contribution in [0.3, 0.4) is 0 Å². The van der Waals surface area contributed by atoms with E-state index in [1.165, 1.54) is 0 Å². The highest BCUT2D eigenvalue weighted by atomic mass is 32.2. The predicted octanol–water partition coefficient (Wildman–Crippen LogP) is 0.750. The highest BCUT2D eigenvalue weighted by Crippen LogP contribution is 2.19. The molecule has 0 radical (unpaired) electrons. The van der Waals surface area contributed by atoms with Crippen molar-refractivity contribution in [2.75, 3.05) is 5.75 Å². The van der Waals surface area contributed by atoms with E-state index in [9.17, 15) is 8.42 Å². The van der Waals surface area contributed by atoms with Gasteiger partial charge in [-0.1, -0.05) is 11.6 Å². The molecular weight excluding hydrogens is 136 g/mol. The van der Waals surface area contributed by atoms with Crippen LogP contribution in [0.1, 0.15) is 13.8 Å². The van der Waals surface area contributed by atoms with Crippen molar-refractivity contribution in [2.24, 2.45) is 0 Å². The first kappa shape index (κ1) is 6.81. The van der Waals surface area contributed by atoms with Gasteiger partial charge in [0.05, 0.1) is 11.0 Å². The average molecular weight is 146 g/mol. The first-order chi connectivity index (χ1) is 4.04. The van der Waals surface area contributed by atoms with Crippen molar-refractivity contribution in [3.8, 4) is 0 Å². The van der Waals surface area contributed by atoms with Crippen LogP contribution in [0.2, 0.25) is 0 Å². The van der Waals surface area contributed by atoms with E-state index >= 15 is 0 Å². The molecule has 1 rings (SSSR count). The second-order valence-electron chi connectivity index (χ2n) is 2.42. The molecule has 1 unspecified atom stereocenters. The average Bonchev–Trinajstić information content (AvgIpc) is 1.97. The van der Waals surface area contributed by atoms with Crippen molar-refractivity contribution in [3.63, 3.8) is 0 Å². The lowest BCUT2D eigenvalue weighted by Crippen LogP contribution is -2.13. The fourth-order valence-electron chi connectivity index (χ4n) is 0.841. The van der Waals surface area contributed by atoms with Gasteiger partial charge >= 0.3 is 0 Å². The summed E-state index contributed by atoms with van der Waals surface area (Å²) in [6.45, 7) is 3.59. The fourth-order valence-corrected chi connectivity index (χ4v) is 2.29. The smallest absolute Gasteiger partial charge is 0.160 e. The molecule has 0 saturated carbocycles. The summed E-state index contributed by atoms with van der Waals surface area (Å²) in [5, 5.41) is -0.238. The summed E-state index contributed by atoms with van der Waals surface area (Å²) in [6, 6.07) is 0. The van der Waals surface area contributed by atoms with E-state index in [2.05, 4.69) is 0 Å². The Morgan fingerprint density at radius 2 is 2.22 bits per heavy atom. The van der Waals surface area contributed by atoms with Crippen LogP contribution in [0.5, 0.6) is 0 Å². The van der Waals surface area contributed by atoms with Crippen molar-refractivity contribution < 1.29 is 8.42 Å². The maximum atomic E-state index is 10.9. The molecule has 0 aromatic heterocycles. The van der Waals surface area contributed by atoms with E-state index in [0.717, 1.165) is 5.57 Å². The van der Waals surface area contributed by atoms with Gasteiger partial charge in [-0.15, -0.1) is 0 Å². The minimum atomic E-state index is -2.77. The standard InChI is InChI=1S/C6H10O2S/c1-5-3-4-9(7,8)6(5)2/h3,6H,4H2,1-2H3. The number of sulfone groups is 1. The van der Waals surface area contributed by atoms with Gasteiger partial charge in [0.15, 0.2) is 9.84 Å². The Kier molecular flexibility index (Phi) is 1.39. The van der Waals surface area contributed by atoms with Crippen molar-refractivity contribution in [2.45, 2.75) is 19.1 Å². The zero-order valence-electron chi connectivity index (χ0n) is 5.59. The first-order valence-corrected chi connectivity index (χ1v) is 4.64. The molecule has 1 atom stereocenters. The van der Waals surface area contributed by atoms with Gasteiger partial charge < -0.3 is 0 Å². The number of hydrogen-bond donors (Lipinski definition) is 0. The molecular formula is C6H10O2S. The van der Waals surface area contributed by atoms with Gasteiger partial charge in [-0.3, -0.25) is 0 Å². The molecule has 0 aliphatic carbocycles. The topological polar surface area (TPSA) is 34.1 Å². The third kappa shape index (κ3) is 1.01. The van der Waals surface area contributed by atoms with Crippen LogP contribution in [0.25, 0.3) is 0 Å². The fraction of sp³-hybridized carbons (Fsp3) is 0.667. The van der Waals surface area contributed by atoms with E-state index in [0.29, 0.717) is 0 Å². The minimum absolute atomic E-state index is 0.236. The molecule has 1 heterocycles. The molecule has 52 valence electrons. The summed E-state index contributed by atoms with van der Waals surface area (Å²) in [5.41, 5.74) is 0.981. The lowest BCUT2D eigenvalue weighted by atomic mass is 10.2. The predicted molar refractivity (Wildman–Crippen MR) is 37.0 cm³/mol. The van der Waals surface area contributed by atoms with Crippen LogP contribution in [0.15, 0.2) is 11.6 Å². The van der Waals surface area contributed by atoms with E-state index in [1.54, 1.807) is 13.0 Å². The monoisotopic (exact) mass is 146 g/mol. The van der Waals surface area contributed by atoms with Gasteiger partial charge in [0, 0.05) is 0 Å². The molecule has 0 aromatic carbocycles. The quantitative estimate of drug-likeness (QED) is 0.472. The Bertz CT molecular complexity index is 236. The van der Waals surface area contributed by atoms with E-state index in [4.69, 9.17) is 0 Å².